The first-order valence-corrected chi connectivity index (χ1v) is 14.3. The van der Waals surface area contributed by atoms with Crippen molar-refractivity contribution in [2.24, 2.45) is 0 Å². The molecule has 0 radical (unpaired) electrons. The first-order chi connectivity index (χ1) is 20.1. The lowest BCUT2D eigenvalue weighted by Gasteiger charge is -2.11. The monoisotopic (exact) mass is 526 g/mol. The van der Waals surface area contributed by atoms with E-state index in [2.05, 4.69) is 157 Å². The average molecular weight is 527 g/mol. The minimum Gasteiger partial charge on any atom is -0.309 e. The standard InChI is InChI=1S/C39H30N2/c1-25(2)26(3)27-16-18-30(19-17-27)40-38-21-20-31(24-35(38)34-22-28-10-4-5-11-29(28)23-39(34)40)41-36-14-8-6-12-32(36)33-13-7-9-15-37(33)41/h4-24H,1-3H3. The van der Waals surface area contributed by atoms with Crippen LogP contribution in [0.2, 0.25) is 0 Å². The molecule has 0 aliphatic heterocycles. The van der Waals surface area contributed by atoms with Gasteiger partial charge in [-0.3, -0.25) is 0 Å². The van der Waals surface area contributed by atoms with Gasteiger partial charge >= 0.3 is 0 Å². The Kier molecular flexibility index (Phi) is 5.20. The van der Waals surface area contributed by atoms with Gasteiger partial charge in [0.15, 0.2) is 0 Å². The molecule has 0 spiro atoms. The topological polar surface area (TPSA) is 9.86 Å². The second kappa shape index (κ2) is 8.97. The predicted octanol–water partition coefficient (Wildman–Crippen LogP) is 10.8. The molecule has 0 aliphatic carbocycles. The zero-order valence-electron chi connectivity index (χ0n) is 23.5. The molecule has 0 saturated heterocycles. The molecule has 0 aliphatic rings. The van der Waals surface area contributed by atoms with E-state index in [9.17, 15) is 0 Å². The van der Waals surface area contributed by atoms with Crippen LogP contribution in [0.25, 0.3) is 71.3 Å². The Morgan fingerprint density at radius 2 is 0.927 bits per heavy atom. The van der Waals surface area contributed by atoms with Crippen LogP contribution in [0.15, 0.2) is 133 Å². The number of benzene rings is 6. The van der Waals surface area contributed by atoms with Crippen LogP contribution in [-0.2, 0) is 0 Å². The van der Waals surface area contributed by atoms with Gasteiger partial charge in [0.2, 0.25) is 0 Å². The molecule has 2 heteroatoms. The number of hydrogen-bond acceptors (Lipinski definition) is 0. The van der Waals surface area contributed by atoms with Gasteiger partial charge in [0.05, 0.1) is 22.1 Å². The van der Waals surface area contributed by atoms with E-state index >= 15 is 0 Å². The number of aromatic nitrogens is 2. The average Bonchev–Trinajstić information content (AvgIpc) is 3.51. The van der Waals surface area contributed by atoms with Crippen LogP contribution in [0, 0.1) is 0 Å². The van der Waals surface area contributed by atoms with Gasteiger partial charge in [-0.15, -0.1) is 0 Å². The molecule has 0 fully saturated rings. The molecule has 0 N–H and O–H groups in total. The predicted molar refractivity (Wildman–Crippen MR) is 177 cm³/mol. The van der Waals surface area contributed by atoms with Gasteiger partial charge in [-0.25, -0.2) is 0 Å². The van der Waals surface area contributed by atoms with E-state index in [1.165, 1.54) is 82.5 Å². The Hall–Kier alpha value is -5.08. The van der Waals surface area contributed by atoms with Crippen molar-refractivity contribution in [3.63, 3.8) is 0 Å². The molecule has 0 amide bonds. The third kappa shape index (κ3) is 3.57. The van der Waals surface area contributed by atoms with Gasteiger partial charge in [-0.05, 0) is 97.3 Å². The maximum atomic E-state index is 2.42. The summed E-state index contributed by atoms with van der Waals surface area (Å²) in [7, 11) is 0. The van der Waals surface area contributed by atoms with E-state index in [1.807, 2.05) is 0 Å². The van der Waals surface area contributed by atoms with Crippen LogP contribution in [-0.4, -0.2) is 9.13 Å². The second-order valence-electron chi connectivity index (χ2n) is 11.3. The van der Waals surface area contributed by atoms with E-state index < -0.39 is 0 Å². The Bertz CT molecular complexity index is 2270. The van der Waals surface area contributed by atoms with Crippen LogP contribution in [0.1, 0.15) is 26.3 Å². The van der Waals surface area contributed by atoms with E-state index in [0.717, 1.165) is 0 Å². The first-order valence-electron chi connectivity index (χ1n) is 14.3. The Balaban J connectivity index is 1.44. The summed E-state index contributed by atoms with van der Waals surface area (Å²) in [4.78, 5) is 0. The fourth-order valence-corrected chi connectivity index (χ4v) is 6.46. The first kappa shape index (κ1) is 23.8. The van der Waals surface area contributed by atoms with E-state index in [-0.39, 0.29) is 0 Å². The molecule has 0 unspecified atom stereocenters. The summed E-state index contributed by atoms with van der Waals surface area (Å²) < 4.78 is 4.83. The van der Waals surface area contributed by atoms with Crippen molar-refractivity contribution in [1.29, 1.82) is 0 Å². The van der Waals surface area contributed by atoms with Crippen LogP contribution in [0.5, 0.6) is 0 Å². The molecule has 2 nitrogen and oxygen atoms in total. The molecule has 6 aromatic carbocycles. The van der Waals surface area contributed by atoms with Crippen molar-refractivity contribution >= 4 is 60.0 Å². The molecule has 2 aromatic heterocycles. The second-order valence-corrected chi connectivity index (χ2v) is 11.3. The summed E-state index contributed by atoms with van der Waals surface area (Å²) in [5, 5.41) is 7.60. The molecule has 41 heavy (non-hydrogen) atoms. The third-order valence-electron chi connectivity index (χ3n) is 8.76. The summed E-state index contributed by atoms with van der Waals surface area (Å²) in [6.07, 6.45) is 0. The Labute approximate surface area is 239 Å². The number of allylic oxidation sites excluding steroid dienone is 2. The maximum absolute atomic E-state index is 2.42. The van der Waals surface area contributed by atoms with Gasteiger partial charge in [-0.2, -0.15) is 0 Å². The molecule has 196 valence electrons. The number of fused-ring (bicyclic) bond motifs is 7. The lowest BCUT2D eigenvalue weighted by Crippen LogP contribution is -1.96. The smallest absolute Gasteiger partial charge is 0.0547 e. The van der Waals surface area contributed by atoms with Gasteiger partial charge in [0.1, 0.15) is 0 Å². The highest BCUT2D eigenvalue weighted by Gasteiger charge is 2.17. The van der Waals surface area contributed by atoms with Gasteiger partial charge in [0, 0.05) is 32.9 Å². The molecular formula is C39H30N2. The molecular weight excluding hydrogens is 496 g/mol. The van der Waals surface area contributed by atoms with Crippen molar-refractivity contribution in [2.45, 2.75) is 20.8 Å². The number of rotatable bonds is 3. The SMILES string of the molecule is CC(C)=C(C)c1ccc(-n2c3ccc(-n4c5ccccc5c5ccccc54)cc3c3cc4ccccc4cc32)cc1. The zero-order valence-corrected chi connectivity index (χ0v) is 23.5. The Morgan fingerprint density at radius 3 is 1.59 bits per heavy atom. The highest BCUT2D eigenvalue weighted by atomic mass is 15.0. The van der Waals surface area contributed by atoms with E-state index in [4.69, 9.17) is 0 Å². The van der Waals surface area contributed by atoms with Crippen molar-refractivity contribution in [3.05, 3.63) is 139 Å². The molecule has 8 aromatic rings. The van der Waals surface area contributed by atoms with Crippen molar-refractivity contribution in [1.82, 2.24) is 9.13 Å². The highest BCUT2D eigenvalue weighted by Crippen LogP contribution is 2.38. The minimum absolute atomic E-state index is 1.18. The van der Waals surface area contributed by atoms with Crippen LogP contribution < -0.4 is 0 Å². The minimum atomic E-state index is 1.18. The third-order valence-corrected chi connectivity index (χ3v) is 8.76. The quantitative estimate of drug-likeness (QED) is 0.217. The summed E-state index contributed by atoms with van der Waals surface area (Å²) in [5.74, 6) is 0. The zero-order chi connectivity index (χ0) is 27.7. The van der Waals surface area contributed by atoms with E-state index in [1.54, 1.807) is 0 Å². The van der Waals surface area contributed by atoms with Crippen molar-refractivity contribution in [2.75, 3.05) is 0 Å². The number of para-hydroxylation sites is 2. The molecule has 2 heterocycles. The fourth-order valence-electron chi connectivity index (χ4n) is 6.46. The molecule has 8 rings (SSSR count). The summed E-state index contributed by atoms with van der Waals surface area (Å²) >= 11 is 0. The molecule has 0 bridgehead atoms. The number of hydrogen-bond donors (Lipinski definition) is 0. The summed E-state index contributed by atoms with van der Waals surface area (Å²) in [5.41, 5.74) is 11.2. The Morgan fingerprint density at radius 1 is 0.415 bits per heavy atom. The summed E-state index contributed by atoms with van der Waals surface area (Å²) in [6.45, 7) is 6.55. The van der Waals surface area contributed by atoms with Crippen LogP contribution in [0.4, 0.5) is 0 Å². The fraction of sp³-hybridized carbons (Fsp3) is 0.0769. The van der Waals surface area contributed by atoms with Gasteiger partial charge in [-0.1, -0.05) is 78.4 Å². The van der Waals surface area contributed by atoms with Crippen molar-refractivity contribution in [3.8, 4) is 11.4 Å². The lowest BCUT2D eigenvalue weighted by molar-refractivity contribution is 1.16. The van der Waals surface area contributed by atoms with Crippen LogP contribution >= 0.6 is 0 Å². The molecule has 0 saturated carbocycles. The van der Waals surface area contributed by atoms with Gasteiger partial charge in [0.25, 0.3) is 0 Å². The normalized spacial score (nSPS) is 11.8. The van der Waals surface area contributed by atoms with E-state index in [0.29, 0.717) is 0 Å². The maximum Gasteiger partial charge on any atom is 0.0547 e. The van der Waals surface area contributed by atoms with Crippen LogP contribution in [0.3, 0.4) is 0 Å². The number of nitrogens with zero attached hydrogens (tertiary/aromatic N) is 2. The van der Waals surface area contributed by atoms with Crippen molar-refractivity contribution < 1.29 is 0 Å². The van der Waals surface area contributed by atoms with Gasteiger partial charge < -0.3 is 9.13 Å². The highest BCUT2D eigenvalue weighted by molar-refractivity contribution is 6.15. The lowest BCUT2D eigenvalue weighted by atomic mass is 10.0. The largest absolute Gasteiger partial charge is 0.309 e. The molecule has 0 atom stereocenters. The summed E-state index contributed by atoms with van der Waals surface area (Å²) in [6, 6.07) is 46.8.